The van der Waals surface area contributed by atoms with E-state index in [2.05, 4.69) is 35.1 Å². The summed E-state index contributed by atoms with van der Waals surface area (Å²) in [5.41, 5.74) is 4.09. The fourth-order valence-electron chi connectivity index (χ4n) is 3.88. The molecule has 5 nitrogen and oxygen atoms in total. The summed E-state index contributed by atoms with van der Waals surface area (Å²) in [4.78, 5) is 28.8. The molecular formula is C30H35BrN2O3. The van der Waals surface area contributed by atoms with Gasteiger partial charge in [0, 0.05) is 24.0 Å². The van der Waals surface area contributed by atoms with Gasteiger partial charge in [0.25, 0.3) is 5.91 Å². The molecule has 1 N–H and O–H groups in total. The second-order valence-corrected chi connectivity index (χ2v) is 10.3. The Bertz CT molecular complexity index is 1160. The molecule has 0 aliphatic carbocycles. The molecule has 0 spiro atoms. The number of aryl methyl sites for hydroxylation is 2. The van der Waals surface area contributed by atoms with Crippen molar-refractivity contribution < 1.29 is 14.3 Å². The molecule has 0 saturated heterocycles. The van der Waals surface area contributed by atoms with Crippen LogP contribution in [0.25, 0.3) is 0 Å². The highest BCUT2D eigenvalue weighted by atomic mass is 79.9. The summed E-state index contributed by atoms with van der Waals surface area (Å²) in [6.45, 7) is 8.80. The van der Waals surface area contributed by atoms with Crippen molar-refractivity contribution in [1.29, 1.82) is 0 Å². The number of ether oxygens (including phenoxy) is 1. The van der Waals surface area contributed by atoms with E-state index in [1.54, 1.807) is 4.90 Å². The number of halogens is 1. The maximum atomic E-state index is 13.7. The summed E-state index contributed by atoms with van der Waals surface area (Å²) in [5, 5.41) is 3.05. The van der Waals surface area contributed by atoms with E-state index in [-0.39, 0.29) is 18.4 Å². The van der Waals surface area contributed by atoms with Gasteiger partial charge in [-0.25, -0.2) is 0 Å². The Balaban J connectivity index is 1.91. The van der Waals surface area contributed by atoms with Crippen LogP contribution < -0.4 is 10.1 Å². The van der Waals surface area contributed by atoms with Crippen molar-refractivity contribution >= 4 is 27.7 Å². The van der Waals surface area contributed by atoms with Crippen molar-refractivity contribution in [1.82, 2.24) is 10.2 Å². The maximum Gasteiger partial charge on any atom is 0.261 e. The maximum absolute atomic E-state index is 13.7. The Morgan fingerprint density at radius 2 is 1.64 bits per heavy atom. The molecule has 0 aliphatic heterocycles. The molecule has 6 heteroatoms. The van der Waals surface area contributed by atoms with Gasteiger partial charge in [-0.2, -0.15) is 0 Å². The Morgan fingerprint density at radius 1 is 0.944 bits per heavy atom. The van der Waals surface area contributed by atoms with Crippen LogP contribution in [0.5, 0.6) is 5.75 Å². The Kier molecular flexibility index (Phi) is 10.1. The minimum absolute atomic E-state index is 0.157. The van der Waals surface area contributed by atoms with Crippen LogP contribution in [-0.2, 0) is 22.6 Å². The predicted octanol–water partition coefficient (Wildman–Crippen LogP) is 5.86. The van der Waals surface area contributed by atoms with Gasteiger partial charge >= 0.3 is 0 Å². The minimum atomic E-state index is -0.673. The molecule has 3 aromatic carbocycles. The number of nitrogens with one attached hydrogen (secondary N) is 1. The molecule has 0 saturated carbocycles. The standard InChI is InChI=1S/C30H35BrN2O3/c1-21(2)18-32-30(35)28(17-24-11-6-5-7-12-24)33(19-25-13-9-8-10-22(25)3)29(34)20-36-26-14-15-27(31)23(4)16-26/h5-16,21,28H,17-20H2,1-4H3,(H,32,35). The largest absolute Gasteiger partial charge is 0.484 e. The van der Waals surface area contributed by atoms with E-state index in [1.807, 2.05) is 86.6 Å². The van der Waals surface area contributed by atoms with Crippen LogP contribution in [0.3, 0.4) is 0 Å². The third kappa shape index (κ3) is 7.95. The van der Waals surface area contributed by atoms with Gasteiger partial charge in [-0.05, 0) is 60.2 Å². The first-order valence-corrected chi connectivity index (χ1v) is 13.1. The lowest BCUT2D eigenvalue weighted by atomic mass is 10.0. The van der Waals surface area contributed by atoms with E-state index >= 15 is 0 Å². The molecular weight excluding hydrogens is 516 g/mol. The lowest BCUT2D eigenvalue weighted by Gasteiger charge is -2.32. The average molecular weight is 552 g/mol. The number of amides is 2. The number of carbonyl (C=O) groups is 2. The van der Waals surface area contributed by atoms with Gasteiger partial charge in [-0.3, -0.25) is 9.59 Å². The number of carbonyl (C=O) groups excluding carboxylic acids is 2. The summed E-state index contributed by atoms with van der Waals surface area (Å²) >= 11 is 3.49. The first kappa shape index (κ1) is 27.5. The quantitative estimate of drug-likeness (QED) is 0.325. The summed E-state index contributed by atoms with van der Waals surface area (Å²) in [6.07, 6.45) is 0.416. The van der Waals surface area contributed by atoms with Crippen LogP contribution in [0, 0.1) is 19.8 Å². The van der Waals surface area contributed by atoms with E-state index < -0.39 is 6.04 Å². The lowest BCUT2D eigenvalue weighted by Crippen LogP contribution is -2.52. The molecule has 1 unspecified atom stereocenters. The highest BCUT2D eigenvalue weighted by molar-refractivity contribution is 9.10. The zero-order valence-corrected chi connectivity index (χ0v) is 23.0. The zero-order valence-electron chi connectivity index (χ0n) is 21.5. The van der Waals surface area contributed by atoms with Crippen LogP contribution in [0.15, 0.2) is 77.3 Å². The number of rotatable bonds is 11. The van der Waals surface area contributed by atoms with E-state index in [4.69, 9.17) is 4.74 Å². The van der Waals surface area contributed by atoms with Crippen molar-refractivity contribution in [3.63, 3.8) is 0 Å². The van der Waals surface area contributed by atoms with E-state index in [0.717, 1.165) is 26.7 Å². The summed E-state index contributed by atoms with van der Waals surface area (Å²) < 4.78 is 6.87. The number of benzene rings is 3. The molecule has 0 aromatic heterocycles. The van der Waals surface area contributed by atoms with Crippen molar-refractivity contribution in [3.05, 3.63) is 99.5 Å². The van der Waals surface area contributed by atoms with Gasteiger partial charge in [0.15, 0.2) is 6.61 Å². The van der Waals surface area contributed by atoms with Crippen LogP contribution >= 0.6 is 15.9 Å². The Morgan fingerprint density at radius 3 is 2.31 bits per heavy atom. The molecule has 3 aromatic rings. The Hall–Kier alpha value is -3.12. The Labute approximate surface area is 223 Å². The third-order valence-electron chi connectivity index (χ3n) is 6.05. The van der Waals surface area contributed by atoms with E-state index in [9.17, 15) is 9.59 Å². The lowest BCUT2D eigenvalue weighted by molar-refractivity contribution is -0.142. The first-order valence-electron chi connectivity index (χ1n) is 12.3. The zero-order chi connectivity index (χ0) is 26.1. The molecule has 0 fully saturated rings. The molecule has 190 valence electrons. The SMILES string of the molecule is Cc1cc(OCC(=O)N(Cc2ccccc2C)C(Cc2ccccc2)C(=O)NCC(C)C)ccc1Br. The summed E-state index contributed by atoms with van der Waals surface area (Å²) in [5.74, 6) is 0.521. The first-order chi connectivity index (χ1) is 17.2. The van der Waals surface area contributed by atoms with Gasteiger partial charge in [-0.1, -0.05) is 84.4 Å². The van der Waals surface area contributed by atoms with Gasteiger partial charge < -0.3 is 15.0 Å². The van der Waals surface area contributed by atoms with Crippen molar-refractivity contribution in [2.75, 3.05) is 13.2 Å². The summed E-state index contributed by atoms with van der Waals surface area (Å²) in [6, 6.07) is 22.7. The normalized spacial score (nSPS) is 11.7. The fourth-order valence-corrected chi connectivity index (χ4v) is 4.13. The van der Waals surface area contributed by atoms with Crippen LogP contribution in [0.1, 0.15) is 36.1 Å². The van der Waals surface area contributed by atoms with Crippen LogP contribution in [-0.4, -0.2) is 35.9 Å². The van der Waals surface area contributed by atoms with Gasteiger partial charge in [0.2, 0.25) is 5.91 Å². The topological polar surface area (TPSA) is 58.6 Å². The number of hydrogen-bond donors (Lipinski definition) is 1. The van der Waals surface area contributed by atoms with Gasteiger partial charge in [0.05, 0.1) is 0 Å². The number of nitrogens with zero attached hydrogens (tertiary/aromatic N) is 1. The monoisotopic (exact) mass is 550 g/mol. The second-order valence-electron chi connectivity index (χ2n) is 9.49. The molecule has 0 aliphatic rings. The molecule has 3 rings (SSSR count). The smallest absolute Gasteiger partial charge is 0.261 e. The van der Waals surface area contributed by atoms with Crippen LogP contribution in [0.4, 0.5) is 0 Å². The third-order valence-corrected chi connectivity index (χ3v) is 6.94. The molecule has 0 radical (unpaired) electrons. The fraction of sp³-hybridized carbons (Fsp3) is 0.333. The predicted molar refractivity (Wildman–Crippen MR) is 148 cm³/mol. The second kappa shape index (κ2) is 13.3. The highest BCUT2D eigenvalue weighted by Crippen LogP contribution is 2.22. The van der Waals surface area contributed by atoms with Crippen LogP contribution in [0.2, 0.25) is 0 Å². The van der Waals surface area contributed by atoms with E-state index in [1.165, 1.54) is 0 Å². The molecule has 36 heavy (non-hydrogen) atoms. The molecule has 1 atom stereocenters. The average Bonchev–Trinajstić information content (AvgIpc) is 2.86. The summed E-state index contributed by atoms with van der Waals surface area (Å²) in [7, 11) is 0. The van der Waals surface area contributed by atoms with Gasteiger partial charge in [0.1, 0.15) is 11.8 Å². The van der Waals surface area contributed by atoms with Crippen molar-refractivity contribution in [2.45, 2.75) is 46.7 Å². The number of hydrogen-bond acceptors (Lipinski definition) is 3. The van der Waals surface area contributed by atoms with Gasteiger partial charge in [-0.15, -0.1) is 0 Å². The van der Waals surface area contributed by atoms with E-state index in [0.29, 0.717) is 31.2 Å². The molecule has 2 amide bonds. The highest BCUT2D eigenvalue weighted by Gasteiger charge is 2.31. The van der Waals surface area contributed by atoms with Crippen molar-refractivity contribution in [2.24, 2.45) is 5.92 Å². The molecule has 0 heterocycles. The molecule has 0 bridgehead atoms. The minimum Gasteiger partial charge on any atom is -0.484 e. The van der Waals surface area contributed by atoms with Crippen molar-refractivity contribution in [3.8, 4) is 5.75 Å².